The fourth-order valence-corrected chi connectivity index (χ4v) is 1.99. The average molecular weight is 286 g/mol. The molecule has 1 rings (SSSR count). The lowest BCUT2D eigenvalue weighted by Crippen LogP contribution is -2.41. The molecule has 0 radical (unpaired) electrons. The van der Waals surface area contributed by atoms with Crippen LogP contribution in [0.5, 0.6) is 0 Å². The normalized spacial score (nSPS) is 12.9. The third kappa shape index (κ3) is 6.90. The van der Waals surface area contributed by atoms with E-state index in [4.69, 9.17) is 10.6 Å². The minimum atomic E-state index is -3.12. The minimum Gasteiger partial charge on any atom is -0.320 e. The van der Waals surface area contributed by atoms with E-state index in [-0.39, 0.29) is 18.8 Å². The largest absolute Gasteiger partial charge is 0.320 e. The summed E-state index contributed by atoms with van der Waals surface area (Å²) in [7, 11) is -3.12. The van der Waals surface area contributed by atoms with E-state index >= 15 is 0 Å². The molecule has 0 aliphatic carbocycles. The van der Waals surface area contributed by atoms with Crippen molar-refractivity contribution in [2.75, 3.05) is 12.0 Å². The number of hydrogen-bond acceptors (Lipinski definition) is 5. The first-order valence-electron chi connectivity index (χ1n) is 5.77. The predicted octanol–water partition coefficient (Wildman–Crippen LogP) is -0.00360. The van der Waals surface area contributed by atoms with Gasteiger partial charge in [0.25, 0.3) is 5.91 Å². The molecular formula is C12H18N2O4S. The number of carbonyl (C=O) groups is 1. The maximum absolute atomic E-state index is 11.5. The summed E-state index contributed by atoms with van der Waals surface area (Å²) in [6, 6.07) is 8.41. The highest BCUT2D eigenvalue weighted by Crippen LogP contribution is 1.99. The molecule has 6 nitrogen and oxygen atoms in total. The Balaban J connectivity index is 2.27. The maximum atomic E-state index is 11.5. The number of hydrogen-bond donors (Lipinski definition) is 2. The van der Waals surface area contributed by atoms with Crippen LogP contribution in [0.15, 0.2) is 30.3 Å². The van der Waals surface area contributed by atoms with Crippen molar-refractivity contribution >= 4 is 15.7 Å². The van der Waals surface area contributed by atoms with Gasteiger partial charge in [-0.1, -0.05) is 30.3 Å². The van der Waals surface area contributed by atoms with Crippen LogP contribution < -0.4 is 11.2 Å². The average Bonchev–Trinajstić information content (AvgIpc) is 2.36. The van der Waals surface area contributed by atoms with E-state index in [2.05, 4.69) is 5.48 Å². The van der Waals surface area contributed by atoms with Crippen molar-refractivity contribution in [3.63, 3.8) is 0 Å². The van der Waals surface area contributed by atoms with Crippen molar-refractivity contribution in [3.8, 4) is 0 Å². The molecule has 0 saturated heterocycles. The summed E-state index contributed by atoms with van der Waals surface area (Å²) in [4.78, 5) is 16.5. The molecule has 0 saturated carbocycles. The molecule has 1 aromatic rings. The fraction of sp³-hybridized carbons (Fsp3) is 0.417. The van der Waals surface area contributed by atoms with E-state index in [1.54, 1.807) is 0 Å². The summed E-state index contributed by atoms with van der Waals surface area (Å²) < 4.78 is 21.9. The van der Waals surface area contributed by atoms with Gasteiger partial charge in [-0.15, -0.1) is 0 Å². The molecule has 0 spiro atoms. The standard InChI is InChI=1S/C12H18N2O4S/c1-19(16,17)8-7-11(13)12(15)14-18-9-10-5-3-2-4-6-10/h2-6,11H,7-9,13H2,1H3,(H,14,15). The van der Waals surface area contributed by atoms with Gasteiger partial charge in [0.05, 0.1) is 18.4 Å². The van der Waals surface area contributed by atoms with Crippen LogP contribution in [0.1, 0.15) is 12.0 Å². The van der Waals surface area contributed by atoms with E-state index in [1.807, 2.05) is 30.3 Å². The van der Waals surface area contributed by atoms with Crippen LogP contribution in [0.2, 0.25) is 0 Å². The number of benzene rings is 1. The molecule has 0 heterocycles. The Morgan fingerprint density at radius 2 is 2.00 bits per heavy atom. The second-order valence-corrected chi connectivity index (χ2v) is 6.53. The molecule has 106 valence electrons. The van der Waals surface area contributed by atoms with Crippen LogP contribution in [0, 0.1) is 0 Å². The SMILES string of the molecule is CS(=O)(=O)CCC(N)C(=O)NOCc1ccccc1. The van der Waals surface area contributed by atoms with Crippen molar-refractivity contribution < 1.29 is 18.0 Å². The number of hydroxylamine groups is 1. The van der Waals surface area contributed by atoms with Crippen LogP contribution in [0.4, 0.5) is 0 Å². The zero-order chi connectivity index (χ0) is 14.3. The molecule has 7 heteroatoms. The number of amides is 1. The number of sulfone groups is 1. The highest BCUT2D eigenvalue weighted by atomic mass is 32.2. The summed E-state index contributed by atoms with van der Waals surface area (Å²) in [5.41, 5.74) is 8.67. The van der Waals surface area contributed by atoms with Crippen molar-refractivity contribution in [2.24, 2.45) is 5.73 Å². The summed E-state index contributed by atoms with van der Waals surface area (Å²) in [5, 5.41) is 0. The molecule has 0 fully saturated rings. The second-order valence-electron chi connectivity index (χ2n) is 4.27. The monoisotopic (exact) mass is 286 g/mol. The highest BCUT2D eigenvalue weighted by molar-refractivity contribution is 7.90. The van der Waals surface area contributed by atoms with Crippen molar-refractivity contribution in [3.05, 3.63) is 35.9 Å². The molecule has 19 heavy (non-hydrogen) atoms. The molecule has 0 aliphatic heterocycles. The Hall–Kier alpha value is -1.44. The van der Waals surface area contributed by atoms with Gasteiger partial charge in [0.15, 0.2) is 0 Å². The molecule has 0 aliphatic rings. The summed E-state index contributed by atoms with van der Waals surface area (Å²) >= 11 is 0. The van der Waals surface area contributed by atoms with Gasteiger partial charge in [-0.25, -0.2) is 13.9 Å². The maximum Gasteiger partial charge on any atom is 0.260 e. The number of rotatable bonds is 7. The van der Waals surface area contributed by atoms with Gasteiger partial charge >= 0.3 is 0 Å². The number of carbonyl (C=O) groups excluding carboxylic acids is 1. The van der Waals surface area contributed by atoms with Crippen LogP contribution >= 0.6 is 0 Å². The van der Waals surface area contributed by atoms with E-state index < -0.39 is 21.8 Å². The molecule has 0 bridgehead atoms. The van der Waals surface area contributed by atoms with Crippen LogP contribution in [0.25, 0.3) is 0 Å². The Bertz CT molecular complexity index is 502. The van der Waals surface area contributed by atoms with Crippen molar-refractivity contribution in [2.45, 2.75) is 19.1 Å². The predicted molar refractivity (Wildman–Crippen MR) is 71.7 cm³/mol. The van der Waals surface area contributed by atoms with Gasteiger partial charge in [-0.2, -0.15) is 0 Å². The molecular weight excluding hydrogens is 268 g/mol. The molecule has 1 amide bonds. The number of nitrogens with two attached hydrogens (primary N) is 1. The third-order valence-electron chi connectivity index (χ3n) is 2.39. The van der Waals surface area contributed by atoms with Gasteiger partial charge in [0.1, 0.15) is 9.84 Å². The van der Waals surface area contributed by atoms with Crippen molar-refractivity contribution in [1.29, 1.82) is 0 Å². The van der Waals surface area contributed by atoms with Crippen LogP contribution in [-0.2, 0) is 26.1 Å². The number of nitrogens with one attached hydrogen (secondary N) is 1. The van der Waals surface area contributed by atoms with Crippen LogP contribution in [0.3, 0.4) is 0 Å². The Labute approximate surface area is 112 Å². The van der Waals surface area contributed by atoms with Gasteiger partial charge in [-0.3, -0.25) is 9.63 Å². The molecule has 1 aromatic carbocycles. The first-order valence-corrected chi connectivity index (χ1v) is 7.83. The van der Waals surface area contributed by atoms with E-state index in [0.29, 0.717) is 0 Å². The van der Waals surface area contributed by atoms with Gasteiger partial charge in [0.2, 0.25) is 0 Å². The lowest BCUT2D eigenvalue weighted by Gasteiger charge is -2.11. The lowest BCUT2D eigenvalue weighted by molar-refractivity contribution is -0.135. The fourth-order valence-electron chi connectivity index (χ4n) is 1.31. The second kappa shape index (κ2) is 7.22. The summed E-state index contributed by atoms with van der Waals surface area (Å²) in [5.74, 6) is -0.653. The Morgan fingerprint density at radius 1 is 1.37 bits per heavy atom. The molecule has 1 atom stereocenters. The van der Waals surface area contributed by atoms with Crippen molar-refractivity contribution in [1.82, 2.24) is 5.48 Å². The molecule has 1 unspecified atom stereocenters. The Morgan fingerprint density at radius 3 is 2.58 bits per heavy atom. The zero-order valence-corrected chi connectivity index (χ0v) is 11.5. The third-order valence-corrected chi connectivity index (χ3v) is 3.37. The lowest BCUT2D eigenvalue weighted by atomic mass is 10.2. The summed E-state index contributed by atoms with van der Waals surface area (Å²) in [6.45, 7) is 0.228. The first kappa shape index (κ1) is 15.6. The van der Waals surface area contributed by atoms with Gasteiger partial charge in [-0.05, 0) is 12.0 Å². The van der Waals surface area contributed by atoms with Gasteiger partial charge in [0, 0.05) is 6.26 Å². The summed E-state index contributed by atoms with van der Waals surface area (Å²) in [6.07, 6.45) is 1.17. The van der Waals surface area contributed by atoms with Crippen LogP contribution in [-0.4, -0.2) is 32.4 Å². The molecule has 3 N–H and O–H groups in total. The van der Waals surface area contributed by atoms with Gasteiger partial charge < -0.3 is 5.73 Å². The zero-order valence-electron chi connectivity index (χ0n) is 10.7. The molecule has 0 aromatic heterocycles. The Kier molecular flexibility index (Phi) is 5.94. The smallest absolute Gasteiger partial charge is 0.260 e. The van der Waals surface area contributed by atoms with E-state index in [1.165, 1.54) is 0 Å². The van der Waals surface area contributed by atoms with E-state index in [9.17, 15) is 13.2 Å². The quantitative estimate of drug-likeness (QED) is 0.687. The minimum absolute atomic E-state index is 0.0688. The first-order chi connectivity index (χ1) is 8.88. The topological polar surface area (TPSA) is 98.5 Å². The van der Waals surface area contributed by atoms with E-state index in [0.717, 1.165) is 11.8 Å². The highest BCUT2D eigenvalue weighted by Gasteiger charge is 2.15.